The van der Waals surface area contributed by atoms with E-state index >= 15 is 0 Å². The summed E-state index contributed by atoms with van der Waals surface area (Å²) in [5, 5.41) is 10.6. The number of phenols is 1. The van der Waals surface area contributed by atoms with Crippen molar-refractivity contribution in [3.63, 3.8) is 0 Å². The Bertz CT molecular complexity index is 628. The molecule has 2 nitrogen and oxygen atoms in total. The van der Waals surface area contributed by atoms with Gasteiger partial charge in [0.05, 0.1) is 5.69 Å². The Labute approximate surface area is 134 Å². The first kappa shape index (κ1) is 16.4. The highest BCUT2D eigenvalue weighted by Gasteiger charge is 2.20. The first-order valence-electron chi connectivity index (χ1n) is 8.18. The van der Waals surface area contributed by atoms with Crippen molar-refractivity contribution in [2.75, 3.05) is 18.0 Å². The van der Waals surface area contributed by atoms with Gasteiger partial charge in [0.25, 0.3) is 0 Å². The highest BCUT2D eigenvalue weighted by Crippen LogP contribution is 2.42. The summed E-state index contributed by atoms with van der Waals surface area (Å²) in [4.78, 5) is 2.32. The van der Waals surface area contributed by atoms with E-state index in [2.05, 4.69) is 62.9 Å². The summed E-state index contributed by atoms with van der Waals surface area (Å²) in [5.74, 6) is 0.739. The van der Waals surface area contributed by atoms with Crippen LogP contribution in [0.15, 0.2) is 36.4 Å². The second-order valence-corrected chi connectivity index (χ2v) is 6.03. The zero-order chi connectivity index (χ0) is 16.3. The maximum Gasteiger partial charge on any atom is 0.124 e. The van der Waals surface area contributed by atoms with E-state index in [4.69, 9.17) is 0 Å². The number of aromatic hydroxyl groups is 1. The van der Waals surface area contributed by atoms with Crippen LogP contribution in [0.4, 0.5) is 5.69 Å². The monoisotopic (exact) mass is 297 g/mol. The van der Waals surface area contributed by atoms with Crippen molar-refractivity contribution in [1.82, 2.24) is 0 Å². The largest absolute Gasteiger partial charge is 0.507 e. The van der Waals surface area contributed by atoms with E-state index < -0.39 is 0 Å². The molecular formula is C20H27NO. The second kappa shape index (κ2) is 6.87. The van der Waals surface area contributed by atoms with Gasteiger partial charge in [0, 0.05) is 24.2 Å². The average molecular weight is 297 g/mol. The lowest BCUT2D eigenvalue weighted by molar-refractivity contribution is 0.460. The van der Waals surface area contributed by atoms with Gasteiger partial charge in [-0.05, 0) is 43.9 Å². The first-order chi connectivity index (χ1) is 10.5. The van der Waals surface area contributed by atoms with E-state index in [-0.39, 0.29) is 0 Å². The van der Waals surface area contributed by atoms with Crippen molar-refractivity contribution in [2.45, 2.75) is 40.5 Å². The minimum Gasteiger partial charge on any atom is -0.507 e. The Morgan fingerprint density at radius 1 is 1.05 bits per heavy atom. The molecule has 0 aliphatic carbocycles. The smallest absolute Gasteiger partial charge is 0.124 e. The first-order valence-corrected chi connectivity index (χ1v) is 8.18. The average Bonchev–Trinajstić information content (AvgIpc) is 2.53. The summed E-state index contributed by atoms with van der Waals surface area (Å²) in [7, 11) is 0. The summed E-state index contributed by atoms with van der Waals surface area (Å²) < 4.78 is 0. The number of rotatable bonds is 5. The molecule has 0 amide bonds. The molecule has 2 heteroatoms. The molecule has 2 aromatic rings. The van der Waals surface area contributed by atoms with Gasteiger partial charge in [-0.2, -0.15) is 0 Å². The summed E-state index contributed by atoms with van der Waals surface area (Å²) in [6.45, 7) is 12.5. The van der Waals surface area contributed by atoms with E-state index in [0.717, 1.165) is 29.9 Å². The quantitative estimate of drug-likeness (QED) is 0.805. The summed E-state index contributed by atoms with van der Waals surface area (Å²) in [6, 6.07) is 12.6. The lowest BCUT2D eigenvalue weighted by Crippen LogP contribution is -2.23. The molecule has 0 radical (unpaired) electrons. The fourth-order valence-electron chi connectivity index (χ4n) is 3.05. The summed E-state index contributed by atoms with van der Waals surface area (Å²) in [6.07, 6.45) is 0. The number of hydrogen-bond donors (Lipinski definition) is 1. The molecule has 0 atom stereocenters. The van der Waals surface area contributed by atoms with Gasteiger partial charge in [-0.15, -0.1) is 0 Å². The van der Waals surface area contributed by atoms with Crippen molar-refractivity contribution in [3.8, 4) is 16.9 Å². The van der Waals surface area contributed by atoms with Crippen molar-refractivity contribution in [1.29, 1.82) is 0 Å². The van der Waals surface area contributed by atoms with Gasteiger partial charge < -0.3 is 10.0 Å². The molecule has 2 rings (SSSR count). The molecule has 1 N–H and O–H groups in total. The van der Waals surface area contributed by atoms with Crippen molar-refractivity contribution < 1.29 is 5.11 Å². The van der Waals surface area contributed by atoms with Gasteiger partial charge >= 0.3 is 0 Å². The van der Waals surface area contributed by atoms with Gasteiger partial charge in [-0.25, -0.2) is 0 Å². The van der Waals surface area contributed by atoms with Crippen LogP contribution in [-0.4, -0.2) is 18.2 Å². The predicted molar refractivity (Wildman–Crippen MR) is 95.9 cm³/mol. The summed E-state index contributed by atoms with van der Waals surface area (Å²) in [5.41, 5.74) is 5.57. The SMILES string of the molecule is CCN(CC)c1c(-c2ccccc2)cc(C(C)C)c(O)c1C. The van der Waals surface area contributed by atoms with E-state index in [1.54, 1.807) is 0 Å². The zero-order valence-electron chi connectivity index (χ0n) is 14.4. The lowest BCUT2D eigenvalue weighted by atomic mass is 9.91. The van der Waals surface area contributed by atoms with E-state index in [1.165, 1.54) is 11.1 Å². The van der Waals surface area contributed by atoms with Crippen LogP contribution in [0.5, 0.6) is 5.75 Å². The van der Waals surface area contributed by atoms with E-state index in [9.17, 15) is 5.11 Å². The van der Waals surface area contributed by atoms with Crippen LogP contribution in [0.2, 0.25) is 0 Å². The van der Waals surface area contributed by atoms with Crippen LogP contribution < -0.4 is 4.90 Å². The maximum atomic E-state index is 10.6. The predicted octanol–water partition coefficient (Wildman–Crippen LogP) is 5.34. The molecule has 0 unspecified atom stereocenters. The number of hydrogen-bond acceptors (Lipinski definition) is 2. The topological polar surface area (TPSA) is 23.5 Å². The third-order valence-corrected chi connectivity index (χ3v) is 4.33. The van der Waals surface area contributed by atoms with Crippen LogP contribution in [0.25, 0.3) is 11.1 Å². The number of benzene rings is 2. The number of phenolic OH excluding ortho intramolecular Hbond substituents is 1. The molecule has 0 bridgehead atoms. The van der Waals surface area contributed by atoms with Gasteiger partial charge in [-0.1, -0.05) is 44.2 Å². The highest BCUT2D eigenvalue weighted by atomic mass is 16.3. The molecule has 22 heavy (non-hydrogen) atoms. The van der Waals surface area contributed by atoms with Gasteiger partial charge in [0.2, 0.25) is 0 Å². The van der Waals surface area contributed by atoms with Crippen LogP contribution in [0.3, 0.4) is 0 Å². The van der Waals surface area contributed by atoms with Crippen LogP contribution >= 0.6 is 0 Å². The normalized spacial score (nSPS) is 11.0. The lowest BCUT2D eigenvalue weighted by Gasteiger charge is -2.28. The molecule has 0 aliphatic heterocycles. The highest BCUT2D eigenvalue weighted by molar-refractivity contribution is 5.84. The fourth-order valence-corrected chi connectivity index (χ4v) is 3.05. The van der Waals surface area contributed by atoms with Crippen molar-refractivity contribution >= 4 is 5.69 Å². The summed E-state index contributed by atoms with van der Waals surface area (Å²) >= 11 is 0. The van der Waals surface area contributed by atoms with E-state index in [1.807, 2.05) is 13.0 Å². The Balaban J connectivity index is 2.77. The van der Waals surface area contributed by atoms with Gasteiger partial charge in [-0.3, -0.25) is 0 Å². The zero-order valence-corrected chi connectivity index (χ0v) is 14.4. The molecule has 0 saturated heterocycles. The minimum atomic E-state index is 0.298. The van der Waals surface area contributed by atoms with Crippen molar-refractivity contribution in [2.24, 2.45) is 0 Å². The fraction of sp³-hybridized carbons (Fsp3) is 0.400. The van der Waals surface area contributed by atoms with Gasteiger partial charge in [0.1, 0.15) is 5.75 Å². The Morgan fingerprint density at radius 3 is 2.14 bits per heavy atom. The Morgan fingerprint density at radius 2 is 1.64 bits per heavy atom. The molecular weight excluding hydrogens is 270 g/mol. The van der Waals surface area contributed by atoms with Crippen LogP contribution in [-0.2, 0) is 0 Å². The standard InChI is InChI=1S/C20H27NO/c1-6-21(7-2)19-15(5)20(22)17(14(3)4)13-18(19)16-11-9-8-10-12-16/h8-14,22H,6-7H2,1-5H3. The number of nitrogens with zero attached hydrogens (tertiary/aromatic N) is 1. The third-order valence-electron chi connectivity index (χ3n) is 4.33. The molecule has 118 valence electrons. The minimum absolute atomic E-state index is 0.298. The number of anilines is 1. The molecule has 0 heterocycles. The Hall–Kier alpha value is -1.96. The van der Waals surface area contributed by atoms with E-state index in [0.29, 0.717) is 11.7 Å². The molecule has 0 spiro atoms. The maximum absolute atomic E-state index is 10.6. The third kappa shape index (κ3) is 2.96. The van der Waals surface area contributed by atoms with Crippen molar-refractivity contribution in [3.05, 3.63) is 47.5 Å². The van der Waals surface area contributed by atoms with Crippen LogP contribution in [0.1, 0.15) is 44.7 Å². The Kier molecular flexibility index (Phi) is 5.12. The second-order valence-electron chi connectivity index (χ2n) is 6.03. The molecule has 0 aliphatic rings. The molecule has 0 aromatic heterocycles. The van der Waals surface area contributed by atoms with Gasteiger partial charge in [0.15, 0.2) is 0 Å². The molecule has 0 fully saturated rings. The molecule has 0 saturated carbocycles. The molecule has 2 aromatic carbocycles. The van der Waals surface area contributed by atoms with Crippen LogP contribution in [0, 0.1) is 6.92 Å².